The van der Waals surface area contributed by atoms with Crippen molar-refractivity contribution in [1.29, 1.82) is 0 Å². The molecule has 1 heterocycles. The maximum absolute atomic E-state index is 9.41. The second kappa shape index (κ2) is 6.37. The van der Waals surface area contributed by atoms with E-state index in [1.54, 1.807) is 0 Å². The lowest BCUT2D eigenvalue weighted by Crippen LogP contribution is -2.41. The first kappa shape index (κ1) is 14.9. The molecule has 1 saturated carbocycles. The Morgan fingerprint density at radius 1 is 1.29 bits per heavy atom. The van der Waals surface area contributed by atoms with Crippen LogP contribution in [0, 0.1) is 0 Å². The average Bonchev–Trinajstić information content (AvgIpc) is 2.88. The van der Waals surface area contributed by atoms with Crippen molar-refractivity contribution in [3.05, 3.63) is 29.8 Å². The first-order valence-corrected chi connectivity index (χ1v) is 8.23. The molecule has 3 heteroatoms. The van der Waals surface area contributed by atoms with Crippen LogP contribution in [-0.2, 0) is 11.2 Å². The number of hydrogen-bond acceptors (Lipinski definition) is 3. The van der Waals surface area contributed by atoms with Crippen molar-refractivity contribution in [1.82, 2.24) is 0 Å². The van der Waals surface area contributed by atoms with Gasteiger partial charge in [-0.25, -0.2) is 0 Å². The number of hydrogen-bond donors (Lipinski definition) is 1. The maximum atomic E-state index is 9.41. The van der Waals surface area contributed by atoms with Crippen molar-refractivity contribution in [2.45, 2.75) is 69.7 Å². The van der Waals surface area contributed by atoms with Crippen LogP contribution in [0.2, 0.25) is 0 Å². The highest BCUT2D eigenvalue weighted by atomic mass is 16.5. The molecule has 0 radical (unpaired) electrons. The summed E-state index contributed by atoms with van der Waals surface area (Å²) in [6.45, 7) is 2.64. The number of aliphatic hydroxyl groups excluding tert-OH is 1. The van der Waals surface area contributed by atoms with Crippen LogP contribution < -0.4 is 4.74 Å². The molecule has 1 saturated heterocycles. The molecule has 0 aromatic heterocycles. The zero-order chi connectivity index (χ0) is 14.7. The van der Waals surface area contributed by atoms with E-state index < -0.39 is 0 Å². The van der Waals surface area contributed by atoms with Gasteiger partial charge in [-0.2, -0.15) is 0 Å². The fourth-order valence-electron chi connectivity index (χ4n) is 3.69. The first-order valence-electron chi connectivity index (χ1n) is 8.23. The molecule has 0 amide bonds. The van der Waals surface area contributed by atoms with Crippen LogP contribution in [0.4, 0.5) is 0 Å². The zero-order valence-corrected chi connectivity index (χ0v) is 12.9. The van der Waals surface area contributed by atoms with Crippen molar-refractivity contribution in [3.63, 3.8) is 0 Å². The Hall–Kier alpha value is -1.06. The molecule has 0 bridgehead atoms. The van der Waals surface area contributed by atoms with Crippen LogP contribution in [0.5, 0.6) is 5.75 Å². The molecule has 1 spiro atoms. The van der Waals surface area contributed by atoms with E-state index in [-0.39, 0.29) is 17.8 Å². The average molecular weight is 290 g/mol. The monoisotopic (exact) mass is 290 g/mol. The van der Waals surface area contributed by atoms with E-state index in [2.05, 4.69) is 0 Å². The minimum Gasteiger partial charge on any atom is -0.490 e. The van der Waals surface area contributed by atoms with Crippen LogP contribution >= 0.6 is 0 Å². The SMILES string of the molecule is CC(O)Cc1ccc(OC2CCOC3(CCCC3)C2)cc1. The van der Waals surface area contributed by atoms with Crippen LogP contribution in [-0.4, -0.2) is 29.5 Å². The van der Waals surface area contributed by atoms with Gasteiger partial charge in [0, 0.05) is 12.8 Å². The van der Waals surface area contributed by atoms with Gasteiger partial charge < -0.3 is 14.6 Å². The summed E-state index contributed by atoms with van der Waals surface area (Å²) >= 11 is 0. The van der Waals surface area contributed by atoms with Crippen molar-refractivity contribution in [2.24, 2.45) is 0 Å². The third-order valence-electron chi connectivity index (χ3n) is 4.72. The highest BCUT2D eigenvalue weighted by molar-refractivity contribution is 5.28. The Morgan fingerprint density at radius 3 is 2.67 bits per heavy atom. The minimum absolute atomic E-state index is 0.106. The minimum atomic E-state index is -0.297. The predicted molar refractivity (Wildman–Crippen MR) is 82.6 cm³/mol. The molecule has 1 aromatic rings. The Labute approximate surface area is 127 Å². The molecule has 21 heavy (non-hydrogen) atoms. The van der Waals surface area contributed by atoms with Gasteiger partial charge in [0.15, 0.2) is 0 Å². The van der Waals surface area contributed by atoms with Crippen molar-refractivity contribution >= 4 is 0 Å². The lowest BCUT2D eigenvalue weighted by atomic mass is 9.90. The summed E-state index contributed by atoms with van der Waals surface area (Å²) in [5, 5.41) is 9.41. The lowest BCUT2D eigenvalue weighted by molar-refractivity contribution is -0.108. The van der Waals surface area contributed by atoms with Gasteiger partial charge in [0.25, 0.3) is 0 Å². The highest BCUT2D eigenvalue weighted by Crippen LogP contribution is 2.40. The fourth-order valence-corrected chi connectivity index (χ4v) is 3.69. The molecule has 3 nitrogen and oxygen atoms in total. The smallest absolute Gasteiger partial charge is 0.119 e. The van der Waals surface area contributed by atoms with Gasteiger partial charge in [-0.05, 0) is 43.9 Å². The molecule has 1 aliphatic heterocycles. The molecule has 2 unspecified atom stereocenters. The second-order valence-corrected chi connectivity index (χ2v) is 6.67. The number of ether oxygens (including phenoxy) is 2. The lowest BCUT2D eigenvalue weighted by Gasteiger charge is -2.38. The first-order chi connectivity index (χ1) is 10.2. The highest BCUT2D eigenvalue weighted by Gasteiger charge is 2.40. The van der Waals surface area contributed by atoms with E-state index in [1.807, 2.05) is 31.2 Å². The summed E-state index contributed by atoms with van der Waals surface area (Å²) in [6, 6.07) is 8.14. The van der Waals surface area contributed by atoms with E-state index in [9.17, 15) is 5.11 Å². The summed E-state index contributed by atoms with van der Waals surface area (Å²) < 4.78 is 12.2. The van der Waals surface area contributed by atoms with Gasteiger partial charge >= 0.3 is 0 Å². The summed E-state index contributed by atoms with van der Waals surface area (Å²) in [4.78, 5) is 0. The van der Waals surface area contributed by atoms with Gasteiger partial charge in [-0.1, -0.05) is 25.0 Å². The predicted octanol–water partition coefficient (Wildman–Crippen LogP) is 3.48. The summed E-state index contributed by atoms with van der Waals surface area (Å²) in [5.74, 6) is 0.935. The molecule has 1 aromatic carbocycles. The normalized spacial score (nSPS) is 25.9. The quantitative estimate of drug-likeness (QED) is 0.922. The number of rotatable bonds is 4. The van der Waals surface area contributed by atoms with Gasteiger partial charge in [-0.3, -0.25) is 0 Å². The van der Waals surface area contributed by atoms with Gasteiger partial charge in [0.1, 0.15) is 11.9 Å². The van der Waals surface area contributed by atoms with E-state index in [0.29, 0.717) is 6.42 Å². The topological polar surface area (TPSA) is 38.7 Å². The summed E-state index contributed by atoms with van der Waals surface area (Å²) in [7, 11) is 0. The van der Waals surface area contributed by atoms with Crippen molar-refractivity contribution in [3.8, 4) is 5.75 Å². The van der Waals surface area contributed by atoms with Crippen LogP contribution in [0.3, 0.4) is 0 Å². The number of benzene rings is 1. The third kappa shape index (κ3) is 3.78. The Balaban J connectivity index is 1.58. The molecule has 1 N–H and O–H groups in total. The van der Waals surface area contributed by atoms with E-state index in [4.69, 9.17) is 9.47 Å². The Bertz CT molecular complexity index is 446. The Kier molecular flexibility index (Phi) is 4.51. The summed E-state index contributed by atoms with van der Waals surface area (Å²) in [5.41, 5.74) is 1.26. The molecule has 1 aliphatic carbocycles. The van der Waals surface area contributed by atoms with E-state index in [1.165, 1.54) is 25.7 Å². The van der Waals surface area contributed by atoms with Gasteiger partial charge in [-0.15, -0.1) is 0 Å². The second-order valence-electron chi connectivity index (χ2n) is 6.67. The van der Waals surface area contributed by atoms with Gasteiger partial charge in [0.05, 0.1) is 18.3 Å². The van der Waals surface area contributed by atoms with E-state index >= 15 is 0 Å². The summed E-state index contributed by atoms with van der Waals surface area (Å²) in [6.07, 6.45) is 7.66. The largest absolute Gasteiger partial charge is 0.490 e. The van der Waals surface area contributed by atoms with Crippen molar-refractivity contribution in [2.75, 3.05) is 6.61 Å². The van der Waals surface area contributed by atoms with Gasteiger partial charge in [0.2, 0.25) is 0 Å². The van der Waals surface area contributed by atoms with Crippen LogP contribution in [0.15, 0.2) is 24.3 Å². The van der Waals surface area contributed by atoms with Crippen LogP contribution in [0.1, 0.15) is 51.0 Å². The molecule has 2 aliphatic rings. The third-order valence-corrected chi connectivity index (χ3v) is 4.72. The molecular formula is C18H26O3. The molecule has 116 valence electrons. The molecule has 2 fully saturated rings. The fraction of sp³-hybridized carbons (Fsp3) is 0.667. The van der Waals surface area contributed by atoms with E-state index in [0.717, 1.165) is 30.8 Å². The molecule has 2 atom stereocenters. The molecular weight excluding hydrogens is 264 g/mol. The van der Waals surface area contributed by atoms with Crippen molar-refractivity contribution < 1.29 is 14.6 Å². The maximum Gasteiger partial charge on any atom is 0.119 e. The Morgan fingerprint density at radius 2 is 2.00 bits per heavy atom. The van der Waals surface area contributed by atoms with Crippen LogP contribution in [0.25, 0.3) is 0 Å². The standard InChI is InChI=1S/C18H26O3/c1-14(19)12-15-4-6-16(7-5-15)21-17-8-11-20-18(13-17)9-2-3-10-18/h4-7,14,17,19H,2-3,8-13H2,1H3. The zero-order valence-electron chi connectivity index (χ0n) is 12.9. The number of aliphatic hydroxyl groups is 1. The molecule has 3 rings (SSSR count).